The largest absolute Gasteiger partial charge is 0.322 e. The molecule has 126 valence electrons. The van der Waals surface area contributed by atoms with Crippen molar-refractivity contribution in [1.29, 1.82) is 0 Å². The number of aromatic nitrogens is 2. The van der Waals surface area contributed by atoms with Gasteiger partial charge >= 0.3 is 0 Å². The molecule has 25 heavy (non-hydrogen) atoms. The van der Waals surface area contributed by atoms with Gasteiger partial charge in [0.2, 0.25) is 5.13 Å². The molecular formula is C18H16N4O2S. The van der Waals surface area contributed by atoms with E-state index in [1.807, 2.05) is 19.9 Å². The fraction of sp³-hybridized carbons (Fsp3) is 0.111. The standard InChI is InChI=1S/C18H16N4O2S/c1-11-8-9-14(17(24)20-18-22-21-12(2)25-18)10-15(11)19-16(23)13-6-4-3-5-7-13/h3-10H,1-2H3,(H,19,23)(H,20,22,24). The highest BCUT2D eigenvalue weighted by Crippen LogP contribution is 2.20. The molecule has 2 aromatic carbocycles. The average molecular weight is 352 g/mol. The Bertz CT molecular complexity index is 922. The lowest BCUT2D eigenvalue weighted by atomic mass is 10.1. The molecule has 6 nitrogen and oxygen atoms in total. The number of nitrogens with zero attached hydrogens (tertiary/aromatic N) is 2. The van der Waals surface area contributed by atoms with Crippen LogP contribution in [-0.4, -0.2) is 22.0 Å². The first kappa shape index (κ1) is 16.8. The third kappa shape index (κ3) is 4.07. The Hall–Kier alpha value is -3.06. The number of rotatable bonds is 4. The van der Waals surface area contributed by atoms with Gasteiger partial charge in [-0.2, -0.15) is 0 Å². The Kier molecular flexibility index (Phi) is 4.85. The van der Waals surface area contributed by atoms with E-state index in [0.29, 0.717) is 21.9 Å². The SMILES string of the molecule is Cc1nnc(NC(=O)c2ccc(C)c(NC(=O)c3ccccc3)c2)s1. The number of nitrogens with one attached hydrogen (secondary N) is 2. The Labute approximate surface area is 148 Å². The van der Waals surface area contributed by atoms with Gasteiger partial charge in [-0.15, -0.1) is 10.2 Å². The summed E-state index contributed by atoms with van der Waals surface area (Å²) in [5.74, 6) is -0.521. The van der Waals surface area contributed by atoms with Crippen molar-refractivity contribution in [1.82, 2.24) is 10.2 Å². The first-order chi connectivity index (χ1) is 12.0. The van der Waals surface area contributed by atoms with Gasteiger partial charge in [-0.1, -0.05) is 35.6 Å². The van der Waals surface area contributed by atoms with Gasteiger partial charge in [0.25, 0.3) is 11.8 Å². The van der Waals surface area contributed by atoms with Crippen LogP contribution >= 0.6 is 11.3 Å². The second-order valence-electron chi connectivity index (χ2n) is 5.43. The number of amides is 2. The number of benzene rings is 2. The highest BCUT2D eigenvalue weighted by molar-refractivity contribution is 7.15. The van der Waals surface area contributed by atoms with Crippen LogP contribution in [-0.2, 0) is 0 Å². The van der Waals surface area contributed by atoms with Gasteiger partial charge in [-0.25, -0.2) is 0 Å². The van der Waals surface area contributed by atoms with Crippen molar-refractivity contribution < 1.29 is 9.59 Å². The number of aryl methyl sites for hydroxylation is 2. The van der Waals surface area contributed by atoms with Crippen LogP contribution in [0.15, 0.2) is 48.5 Å². The van der Waals surface area contributed by atoms with Gasteiger partial charge in [0.1, 0.15) is 5.01 Å². The van der Waals surface area contributed by atoms with Crippen LogP contribution in [0, 0.1) is 13.8 Å². The van der Waals surface area contributed by atoms with E-state index in [2.05, 4.69) is 20.8 Å². The molecule has 0 aliphatic heterocycles. The monoisotopic (exact) mass is 352 g/mol. The Morgan fingerprint density at radius 2 is 1.60 bits per heavy atom. The second kappa shape index (κ2) is 7.23. The lowest BCUT2D eigenvalue weighted by molar-refractivity contribution is 0.101. The van der Waals surface area contributed by atoms with Crippen LogP contribution in [0.4, 0.5) is 10.8 Å². The number of anilines is 2. The maximum atomic E-state index is 12.4. The predicted octanol–water partition coefficient (Wildman–Crippen LogP) is 3.66. The number of carbonyl (C=O) groups is 2. The molecule has 0 fully saturated rings. The van der Waals surface area contributed by atoms with E-state index < -0.39 is 0 Å². The minimum atomic E-state index is -0.300. The zero-order valence-electron chi connectivity index (χ0n) is 13.7. The van der Waals surface area contributed by atoms with Gasteiger partial charge in [0, 0.05) is 16.8 Å². The van der Waals surface area contributed by atoms with Crippen molar-refractivity contribution in [3.8, 4) is 0 Å². The van der Waals surface area contributed by atoms with Crippen molar-refractivity contribution in [3.05, 3.63) is 70.2 Å². The number of carbonyl (C=O) groups excluding carboxylic acids is 2. The molecule has 1 heterocycles. The van der Waals surface area contributed by atoms with Gasteiger partial charge in [-0.05, 0) is 43.7 Å². The summed E-state index contributed by atoms with van der Waals surface area (Å²) in [7, 11) is 0. The van der Waals surface area contributed by atoms with Gasteiger partial charge in [0.05, 0.1) is 0 Å². The lowest BCUT2D eigenvalue weighted by Crippen LogP contribution is -2.15. The number of hydrogen-bond acceptors (Lipinski definition) is 5. The summed E-state index contributed by atoms with van der Waals surface area (Å²) in [5.41, 5.74) is 2.45. The van der Waals surface area contributed by atoms with E-state index in [-0.39, 0.29) is 11.8 Å². The van der Waals surface area contributed by atoms with E-state index in [0.717, 1.165) is 10.6 Å². The third-order valence-corrected chi connectivity index (χ3v) is 4.28. The van der Waals surface area contributed by atoms with Gasteiger partial charge < -0.3 is 5.32 Å². The van der Waals surface area contributed by atoms with E-state index in [1.54, 1.807) is 42.5 Å². The maximum Gasteiger partial charge on any atom is 0.257 e. The highest BCUT2D eigenvalue weighted by Gasteiger charge is 2.13. The summed E-state index contributed by atoms with van der Waals surface area (Å²) in [4.78, 5) is 24.7. The van der Waals surface area contributed by atoms with Crippen molar-refractivity contribution in [2.24, 2.45) is 0 Å². The van der Waals surface area contributed by atoms with Crippen molar-refractivity contribution in [2.75, 3.05) is 10.6 Å². The molecule has 0 saturated carbocycles. The van der Waals surface area contributed by atoms with E-state index in [9.17, 15) is 9.59 Å². The van der Waals surface area contributed by atoms with Crippen LogP contribution in [0.25, 0.3) is 0 Å². The van der Waals surface area contributed by atoms with Crippen molar-refractivity contribution >= 4 is 34.0 Å². The molecule has 2 N–H and O–H groups in total. The molecule has 0 radical (unpaired) electrons. The average Bonchev–Trinajstić information content (AvgIpc) is 3.02. The Morgan fingerprint density at radius 1 is 0.880 bits per heavy atom. The van der Waals surface area contributed by atoms with Crippen LogP contribution in [0.5, 0.6) is 0 Å². The first-order valence-electron chi connectivity index (χ1n) is 7.61. The molecule has 3 rings (SSSR count). The lowest BCUT2D eigenvalue weighted by Gasteiger charge is -2.10. The molecule has 0 bridgehead atoms. The number of hydrogen-bond donors (Lipinski definition) is 2. The molecule has 0 aliphatic carbocycles. The summed E-state index contributed by atoms with van der Waals surface area (Å²) >= 11 is 1.30. The summed E-state index contributed by atoms with van der Waals surface area (Å²) in [6.07, 6.45) is 0. The fourth-order valence-electron chi connectivity index (χ4n) is 2.20. The molecule has 3 aromatic rings. The maximum absolute atomic E-state index is 12.4. The normalized spacial score (nSPS) is 10.3. The summed E-state index contributed by atoms with van der Waals surface area (Å²) in [6.45, 7) is 3.69. The summed E-state index contributed by atoms with van der Waals surface area (Å²) in [6, 6.07) is 14.1. The van der Waals surface area contributed by atoms with Crippen LogP contribution in [0.2, 0.25) is 0 Å². The van der Waals surface area contributed by atoms with Crippen LogP contribution in [0.3, 0.4) is 0 Å². The van der Waals surface area contributed by atoms with Gasteiger partial charge in [0.15, 0.2) is 0 Å². The first-order valence-corrected chi connectivity index (χ1v) is 8.43. The van der Waals surface area contributed by atoms with Crippen molar-refractivity contribution in [3.63, 3.8) is 0 Å². The quantitative estimate of drug-likeness (QED) is 0.750. The van der Waals surface area contributed by atoms with Gasteiger partial charge in [-0.3, -0.25) is 14.9 Å². The molecule has 0 saturated heterocycles. The van der Waals surface area contributed by atoms with E-state index in [4.69, 9.17) is 0 Å². The van der Waals surface area contributed by atoms with Crippen molar-refractivity contribution in [2.45, 2.75) is 13.8 Å². The topological polar surface area (TPSA) is 84.0 Å². The van der Waals surface area contributed by atoms with Crippen LogP contribution < -0.4 is 10.6 Å². The second-order valence-corrected chi connectivity index (χ2v) is 6.61. The summed E-state index contributed by atoms with van der Waals surface area (Å²) < 4.78 is 0. The smallest absolute Gasteiger partial charge is 0.257 e. The minimum absolute atomic E-state index is 0.221. The van der Waals surface area contributed by atoms with E-state index in [1.165, 1.54) is 11.3 Å². The molecule has 0 unspecified atom stereocenters. The zero-order chi connectivity index (χ0) is 17.8. The van der Waals surface area contributed by atoms with Crippen LogP contribution in [0.1, 0.15) is 31.3 Å². The molecule has 7 heteroatoms. The molecule has 0 spiro atoms. The molecule has 1 aromatic heterocycles. The zero-order valence-corrected chi connectivity index (χ0v) is 14.6. The minimum Gasteiger partial charge on any atom is -0.322 e. The summed E-state index contributed by atoms with van der Waals surface area (Å²) in [5, 5.41) is 14.5. The predicted molar refractivity (Wildman–Crippen MR) is 98.2 cm³/mol. The van der Waals surface area contributed by atoms with E-state index >= 15 is 0 Å². The molecule has 0 atom stereocenters. The highest BCUT2D eigenvalue weighted by atomic mass is 32.1. The molecule has 2 amide bonds. The molecular weight excluding hydrogens is 336 g/mol. The molecule has 0 aliphatic rings. The Morgan fingerprint density at radius 3 is 2.28 bits per heavy atom. The Balaban J connectivity index is 1.78. The fourth-order valence-corrected chi connectivity index (χ4v) is 2.79. The third-order valence-electron chi connectivity index (χ3n) is 3.53.